The Morgan fingerprint density at radius 3 is 2.78 bits per heavy atom. The van der Waals surface area contributed by atoms with Crippen LogP contribution in [0.3, 0.4) is 0 Å². The molecule has 1 radical (unpaired) electrons. The quantitative estimate of drug-likeness (QED) is 0.462. The normalized spacial score (nSPS) is 27.2. The molecule has 49 valence electrons. The van der Waals surface area contributed by atoms with Gasteiger partial charge in [0.25, 0.3) is 0 Å². The molecule has 0 aliphatic heterocycles. The highest BCUT2D eigenvalue weighted by Gasteiger charge is 2.10. The predicted molar refractivity (Wildman–Crippen MR) is 45.2 cm³/mol. The third-order valence-corrected chi connectivity index (χ3v) is 1.84. The van der Waals surface area contributed by atoms with Crippen LogP contribution in [0.15, 0.2) is 21.6 Å². The maximum absolute atomic E-state index is 12.4. The van der Waals surface area contributed by atoms with Gasteiger partial charge >= 0.3 is 0 Å². The van der Waals surface area contributed by atoms with Crippen molar-refractivity contribution >= 4 is 34.2 Å². The van der Waals surface area contributed by atoms with Crippen molar-refractivity contribution in [3.05, 3.63) is 28.0 Å². The van der Waals surface area contributed by atoms with Crippen LogP contribution in [0.4, 0.5) is 4.39 Å². The molecule has 0 nitrogen and oxygen atoms in total. The van der Waals surface area contributed by atoms with Crippen LogP contribution in [0.5, 0.6) is 0 Å². The summed E-state index contributed by atoms with van der Waals surface area (Å²) in [5, 5.41) is -0.276. The van der Waals surface area contributed by atoms with Crippen LogP contribution in [0.1, 0.15) is 0 Å². The largest absolute Gasteiger partial charge is 0.207 e. The molecule has 3 heteroatoms. The minimum atomic E-state index is -0.276. The lowest BCUT2D eigenvalue weighted by Gasteiger charge is -2.07. The summed E-state index contributed by atoms with van der Waals surface area (Å²) >= 11 is 7.62. The lowest BCUT2D eigenvalue weighted by Crippen LogP contribution is -1.99. The summed E-state index contributed by atoms with van der Waals surface area (Å²) in [7, 11) is 0. The number of hydrogen-bond donors (Lipinski definition) is 0. The molecule has 0 bridgehead atoms. The van der Waals surface area contributed by atoms with Gasteiger partial charge in [0.1, 0.15) is 5.83 Å². The molecule has 1 unspecified atom stereocenters. The van der Waals surface area contributed by atoms with Gasteiger partial charge in [0.2, 0.25) is 0 Å². The summed E-state index contributed by atoms with van der Waals surface area (Å²) in [5.41, 5.74) is 0. The summed E-state index contributed by atoms with van der Waals surface area (Å²) < 4.78 is 13.2. The molecule has 9 heavy (non-hydrogen) atoms. The summed E-state index contributed by atoms with van der Waals surface area (Å²) in [6.45, 7) is 0. The number of halogens is 3. The van der Waals surface area contributed by atoms with Gasteiger partial charge in [-0.2, -0.15) is 0 Å². The van der Waals surface area contributed by atoms with Crippen molar-refractivity contribution < 1.29 is 4.39 Å². The lowest BCUT2D eigenvalue weighted by atomic mass is 10.2. The van der Waals surface area contributed by atoms with Crippen LogP contribution in [-0.4, -0.2) is 5.38 Å². The van der Waals surface area contributed by atoms with E-state index in [1.54, 1.807) is 6.42 Å². The van der Waals surface area contributed by atoms with Crippen molar-refractivity contribution in [2.45, 2.75) is 5.38 Å². The number of hydrogen-bond acceptors (Lipinski definition) is 0. The fourth-order valence-corrected chi connectivity index (χ4v) is 1.73. The Labute approximate surface area is 71.9 Å². The zero-order valence-electron chi connectivity index (χ0n) is 4.44. The standard InChI is InChI=1S/C6H4ClFI/c7-4-1-5(8)3-6(9)2-4/h1-4H. The third-order valence-electron chi connectivity index (χ3n) is 0.913. The van der Waals surface area contributed by atoms with Crippen LogP contribution in [0, 0.1) is 6.42 Å². The second-order valence-electron chi connectivity index (χ2n) is 1.69. The molecule has 1 aliphatic rings. The first-order chi connectivity index (χ1) is 4.18. The van der Waals surface area contributed by atoms with Crippen molar-refractivity contribution in [3.63, 3.8) is 0 Å². The minimum Gasteiger partial charge on any atom is -0.207 e. The molecule has 0 saturated heterocycles. The van der Waals surface area contributed by atoms with E-state index in [0.29, 0.717) is 0 Å². The molecule has 0 aromatic rings. The predicted octanol–water partition coefficient (Wildman–Crippen LogP) is 2.98. The summed E-state index contributed by atoms with van der Waals surface area (Å²) in [6, 6.07) is 0. The number of alkyl halides is 1. The van der Waals surface area contributed by atoms with Crippen LogP contribution >= 0.6 is 34.2 Å². The van der Waals surface area contributed by atoms with Gasteiger partial charge in [0, 0.05) is 6.42 Å². The minimum absolute atomic E-state index is 0.248. The Balaban J connectivity index is 2.74. The molecule has 0 fully saturated rings. The zero-order valence-corrected chi connectivity index (χ0v) is 7.36. The second kappa shape index (κ2) is 3.01. The SMILES string of the molecule is FC1=CC(Cl)[CH]C(I)=C1. The molecule has 0 saturated carbocycles. The first kappa shape index (κ1) is 7.54. The molecule has 0 aromatic heterocycles. The van der Waals surface area contributed by atoms with Gasteiger partial charge in [-0.3, -0.25) is 0 Å². The van der Waals surface area contributed by atoms with E-state index in [1.165, 1.54) is 12.2 Å². The fourth-order valence-electron chi connectivity index (χ4n) is 0.580. The van der Waals surface area contributed by atoms with Gasteiger partial charge in [0.15, 0.2) is 0 Å². The topological polar surface area (TPSA) is 0 Å². The molecule has 0 N–H and O–H groups in total. The maximum atomic E-state index is 12.4. The first-order valence-electron chi connectivity index (χ1n) is 2.42. The van der Waals surface area contributed by atoms with Crippen molar-refractivity contribution in [2.24, 2.45) is 0 Å². The van der Waals surface area contributed by atoms with E-state index in [0.717, 1.165) is 3.58 Å². The molecule has 0 amide bonds. The van der Waals surface area contributed by atoms with Crippen molar-refractivity contribution in [1.82, 2.24) is 0 Å². The Morgan fingerprint density at radius 1 is 1.67 bits per heavy atom. The molecular weight excluding hydrogens is 253 g/mol. The maximum Gasteiger partial charge on any atom is 0.121 e. The van der Waals surface area contributed by atoms with E-state index in [1.807, 2.05) is 22.6 Å². The Hall–Kier alpha value is 0.430. The fraction of sp³-hybridized carbons (Fsp3) is 0.167. The highest BCUT2D eigenvalue weighted by atomic mass is 127. The van der Waals surface area contributed by atoms with Crippen molar-refractivity contribution in [1.29, 1.82) is 0 Å². The Bertz CT molecular complexity index is 174. The Kier molecular flexibility index (Phi) is 2.52. The van der Waals surface area contributed by atoms with Crippen molar-refractivity contribution in [2.75, 3.05) is 0 Å². The zero-order chi connectivity index (χ0) is 6.85. The van der Waals surface area contributed by atoms with Gasteiger partial charge < -0.3 is 0 Å². The van der Waals surface area contributed by atoms with Gasteiger partial charge in [-0.05, 0) is 38.3 Å². The first-order valence-corrected chi connectivity index (χ1v) is 3.93. The molecule has 1 rings (SSSR count). The van der Waals surface area contributed by atoms with Gasteiger partial charge in [-0.1, -0.05) is 0 Å². The summed E-state index contributed by atoms with van der Waals surface area (Å²) in [4.78, 5) is 0. The highest BCUT2D eigenvalue weighted by molar-refractivity contribution is 14.1. The smallest absolute Gasteiger partial charge is 0.121 e. The van der Waals surface area contributed by atoms with Gasteiger partial charge in [0.05, 0.1) is 5.38 Å². The van der Waals surface area contributed by atoms with Gasteiger partial charge in [-0.15, -0.1) is 11.6 Å². The van der Waals surface area contributed by atoms with Crippen LogP contribution < -0.4 is 0 Å². The molecule has 0 spiro atoms. The average molecular weight is 257 g/mol. The van der Waals surface area contributed by atoms with E-state index < -0.39 is 0 Å². The van der Waals surface area contributed by atoms with E-state index in [4.69, 9.17) is 11.6 Å². The van der Waals surface area contributed by atoms with E-state index in [9.17, 15) is 4.39 Å². The van der Waals surface area contributed by atoms with Crippen LogP contribution in [0.2, 0.25) is 0 Å². The van der Waals surface area contributed by atoms with Crippen LogP contribution in [0.25, 0.3) is 0 Å². The highest BCUT2D eigenvalue weighted by Crippen LogP contribution is 2.25. The molecule has 1 aliphatic carbocycles. The monoisotopic (exact) mass is 257 g/mol. The average Bonchev–Trinajstić information content (AvgIpc) is 1.59. The molecule has 1 atom stereocenters. The summed E-state index contributed by atoms with van der Waals surface area (Å²) in [6.07, 6.45) is 4.59. The number of rotatable bonds is 0. The molecule has 0 aromatic carbocycles. The molecule has 0 heterocycles. The van der Waals surface area contributed by atoms with E-state index in [2.05, 4.69) is 0 Å². The van der Waals surface area contributed by atoms with Gasteiger partial charge in [-0.25, -0.2) is 4.39 Å². The van der Waals surface area contributed by atoms with Crippen molar-refractivity contribution in [3.8, 4) is 0 Å². The van der Waals surface area contributed by atoms with Crippen LogP contribution in [-0.2, 0) is 0 Å². The van der Waals surface area contributed by atoms with E-state index in [-0.39, 0.29) is 11.2 Å². The second-order valence-corrected chi connectivity index (χ2v) is 3.44. The van der Waals surface area contributed by atoms with E-state index >= 15 is 0 Å². The third kappa shape index (κ3) is 2.26. The Morgan fingerprint density at radius 2 is 2.33 bits per heavy atom. The molecular formula is C6H4ClFI. The number of allylic oxidation sites excluding steroid dienone is 4. The summed E-state index contributed by atoms with van der Waals surface area (Å²) in [5.74, 6) is -0.248. The lowest BCUT2D eigenvalue weighted by molar-refractivity contribution is 0.659.